The fraction of sp³-hybridized carbons (Fsp3) is 0.524. The maximum atomic E-state index is 6.37. The van der Waals surface area contributed by atoms with E-state index in [0.29, 0.717) is 0 Å². The molecule has 1 saturated heterocycles. The van der Waals surface area contributed by atoms with Crippen LogP contribution in [0.2, 0.25) is 0 Å². The maximum absolute atomic E-state index is 6.37. The van der Waals surface area contributed by atoms with E-state index in [1.54, 1.807) is 14.2 Å². The molecule has 1 spiro atoms. The van der Waals surface area contributed by atoms with Crippen molar-refractivity contribution in [1.82, 2.24) is 14.9 Å². The van der Waals surface area contributed by atoms with E-state index < -0.39 is 0 Å². The third-order valence-electron chi connectivity index (χ3n) is 5.75. The van der Waals surface area contributed by atoms with Crippen LogP contribution in [-0.2, 0) is 23.3 Å². The normalized spacial score (nSPS) is 18.9. The Morgan fingerprint density at radius 1 is 1.07 bits per heavy atom. The molecule has 0 atom stereocenters. The van der Waals surface area contributed by atoms with Crippen molar-refractivity contribution < 1.29 is 14.2 Å². The van der Waals surface area contributed by atoms with E-state index in [-0.39, 0.29) is 5.60 Å². The van der Waals surface area contributed by atoms with Gasteiger partial charge in [-0.05, 0) is 49.4 Å². The van der Waals surface area contributed by atoms with Gasteiger partial charge in [0.25, 0.3) is 0 Å². The molecule has 0 amide bonds. The van der Waals surface area contributed by atoms with E-state index in [0.717, 1.165) is 68.4 Å². The second-order valence-corrected chi connectivity index (χ2v) is 7.37. The van der Waals surface area contributed by atoms with Gasteiger partial charge < -0.3 is 14.2 Å². The molecule has 2 aromatic rings. The summed E-state index contributed by atoms with van der Waals surface area (Å²) in [6.45, 7) is 5.53. The summed E-state index contributed by atoms with van der Waals surface area (Å²) in [5.74, 6) is 2.39. The molecule has 27 heavy (non-hydrogen) atoms. The SMILES string of the molecule is COc1cc2c(cc1OC)C1(CCN(Cc3cnc(C)nc3)CC1)OCC2. The van der Waals surface area contributed by atoms with Gasteiger partial charge in [0.1, 0.15) is 5.82 Å². The highest BCUT2D eigenvalue weighted by atomic mass is 16.5. The first-order chi connectivity index (χ1) is 13.1. The molecule has 0 radical (unpaired) electrons. The summed E-state index contributed by atoms with van der Waals surface area (Å²) in [5, 5.41) is 0. The molecule has 2 aliphatic rings. The Morgan fingerprint density at radius 2 is 1.74 bits per heavy atom. The van der Waals surface area contributed by atoms with Gasteiger partial charge in [0, 0.05) is 37.6 Å². The standard InChI is InChI=1S/C21H27N3O3/c1-15-22-12-16(13-23-15)14-24-7-5-21(6-8-24)18-11-20(26-3)19(25-2)10-17(18)4-9-27-21/h10-13H,4-9,14H2,1-3H3. The van der Waals surface area contributed by atoms with Crippen LogP contribution in [0.1, 0.15) is 35.4 Å². The predicted molar refractivity (Wildman–Crippen MR) is 102 cm³/mol. The predicted octanol–water partition coefficient (Wildman–Crippen LogP) is 2.87. The van der Waals surface area contributed by atoms with Gasteiger partial charge in [0.2, 0.25) is 0 Å². The summed E-state index contributed by atoms with van der Waals surface area (Å²) >= 11 is 0. The van der Waals surface area contributed by atoms with Crippen molar-refractivity contribution in [2.45, 2.75) is 38.3 Å². The van der Waals surface area contributed by atoms with Crippen LogP contribution in [0.4, 0.5) is 0 Å². The molecule has 6 nitrogen and oxygen atoms in total. The minimum atomic E-state index is -0.215. The number of fused-ring (bicyclic) bond motifs is 2. The molecule has 1 fully saturated rings. The molecule has 1 aromatic heterocycles. The summed E-state index contributed by atoms with van der Waals surface area (Å²) in [6, 6.07) is 4.24. The lowest BCUT2D eigenvalue weighted by atomic mass is 9.79. The molecule has 0 bridgehead atoms. The summed E-state index contributed by atoms with van der Waals surface area (Å²) < 4.78 is 17.4. The summed E-state index contributed by atoms with van der Waals surface area (Å²) in [4.78, 5) is 11.1. The van der Waals surface area contributed by atoms with Gasteiger partial charge in [-0.25, -0.2) is 9.97 Å². The third-order valence-corrected chi connectivity index (χ3v) is 5.75. The van der Waals surface area contributed by atoms with Crippen LogP contribution >= 0.6 is 0 Å². The van der Waals surface area contributed by atoms with Crippen molar-refractivity contribution in [3.63, 3.8) is 0 Å². The van der Waals surface area contributed by atoms with Crippen LogP contribution in [0.3, 0.4) is 0 Å². The number of rotatable bonds is 4. The minimum absolute atomic E-state index is 0.215. The van der Waals surface area contributed by atoms with Crippen molar-refractivity contribution in [2.24, 2.45) is 0 Å². The number of piperidine rings is 1. The first kappa shape index (κ1) is 18.2. The first-order valence-electron chi connectivity index (χ1n) is 9.53. The highest BCUT2D eigenvalue weighted by Crippen LogP contribution is 2.45. The Hall–Kier alpha value is -2.18. The Balaban J connectivity index is 1.52. The van der Waals surface area contributed by atoms with Gasteiger partial charge in [-0.15, -0.1) is 0 Å². The Kier molecular flexibility index (Phi) is 5.02. The van der Waals surface area contributed by atoms with Gasteiger partial charge in [0.05, 0.1) is 26.4 Å². The van der Waals surface area contributed by atoms with Crippen LogP contribution in [0.25, 0.3) is 0 Å². The molecule has 6 heteroatoms. The van der Waals surface area contributed by atoms with Crippen LogP contribution in [0.15, 0.2) is 24.5 Å². The molecular weight excluding hydrogens is 342 g/mol. The zero-order chi connectivity index (χ0) is 18.9. The lowest BCUT2D eigenvalue weighted by molar-refractivity contribution is -0.0990. The fourth-order valence-electron chi connectivity index (χ4n) is 4.23. The van der Waals surface area contributed by atoms with Crippen LogP contribution in [0.5, 0.6) is 11.5 Å². The number of aromatic nitrogens is 2. The lowest BCUT2D eigenvalue weighted by Crippen LogP contribution is -2.46. The molecule has 0 aliphatic carbocycles. The fourth-order valence-corrected chi connectivity index (χ4v) is 4.23. The Labute approximate surface area is 160 Å². The number of likely N-dealkylation sites (tertiary alicyclic amines) is 1. The lowest BCUT2D eigenvalue weighted by Gasteiger charge is -2.45. The zero-order valence-corrected chi connectivity index (χ0v) is 16.3. The summed E-state index contributed by atoms with van der Waals surface area (Å²) in [5.41, 5.74) is 3.53. The quantitative estimate of drug-likeness (QED) is 0.826. The van der Waals surface area contributed by atoms with Gasteiger partial charge >= 0.3 is 0 Å². The van der Waals surface area contributed by atoms with Gasteiger partial charge in [-0.1, -0.05) is 0 Å². The van der Waals surface area contributed by atoms with Gasteiger partial charge in [0.15, 0.2) is 11.5 Å². The Morgan fingerprint density at radius 3 is 2.41 bits per heavy atom. The zero-order valence-electron chi connectivity index (χ0n) is 16.3. The smallest absolute Gasteiger partial charge is 0.161 e. The molecule has 3 heterocycles. The van der Waals surface area contributed by atoms with E-state index in [9.17, 15) is 0 Å². The second kappa shape index (κ2) is 7.44. The van der Waals surface area contributed by atoms with Crippen LogP contribution in [0, 0.1) is 6.92 Å². The first-order valence-corrected chi connectivity index (χ1v) is 9.53. The molecule has 144 valence electrons. The molecule has 1 aromatic carbocycles. The van der Waals surface area contributed by atoms with E-state index >= 15 is 0 Å². The van der Waals surface area contributed by atoms with Crippen molar-refractivity contribution >= 4 is 0 Å². The van der Waals surface area contributed by atoms with Crippen molar-refractivity contribution in [2.75, 3.05) is 33.9 Å². The number of hydrogen-bond donors (Lipinski definition) is 0. The number of nitrogens with zero attached hydrogens (tertiary/aromatic N) is 3. The molecular formula is C21H27N3O3. The number of benzene rings is 1. The van der Waals surface area contributed by atoms with Crippen molar-refractivity contribution in [1.29, 1.82) is 0 Å². The molecule has 2 aliphatic heterocycles. The van der Waals surface area contributed by atoms with Gasteiger partial charge in [-0.2, -0.15) is 0 Å². The average Bonchev–Trinajstić information content (AvgIpc) is 2.71. The maximum Gasteiger partial charge on any atom is 0.161 e. The highest BCUT2D eigenvalue weighted by Gasteiger charge is 2.41. The van der Waals surface area contributed by atoms with Gasteiger partial charge in [-0.3, -0.25) is 4.90 Å². The number of hydrogen-bond acceptors (Lipinski definition) is 6. The van der Waals surface area contributed by atoms with Crippen LogP contribution < -0.4 is 9.47 Å². The largest absolute Gasteiger partial charge is 0.493 e. The number of methoxy groups -OCH3 is 2. The summed E-state index contributed by atoms with van der Waals surface area (Å²) in [7, 11) is 3.37. The molecule has 0 unspecified atom stereocenters. The number of ether oxygens (including phenoxy) is 3. The van der Waals surface area contributed by atoms with Crippen molar-refractivity contribution in [3.05, 3.63) is 47.0 Å². The van der Waals surface area contributed by atoms with Crippen molar-refractivity contribution in [3.8, 4) is 11.5 Å². The van der Waals surface area contributed by atoms with E-state index in [4.69, 9.17) is 14.2 Å². The third kappa shape index (κ3) is 3.51. The minimum Gasteiger partial charge on any atom is -0.493 e. The molecule has 0 saturated carbocycles. The van der Waals surface area contributed by atoms with Crippen LogP contribution in [-0.4, -0.2) is 48.8 Å². The Bertz CT molecular complexity index is 799. The summed E-state index contributed by atoms with van der Waals surface area (Å²) in [6.07, 6.45) is 6.72. The topological polar surface area (TPSA) is 56.7 Å². The molecule has 4 rings (SSSR count). The van der Waals surface area contributed by atoms with E-state index in [1.165, 1.54) is 11.1 Å². The average molecular weight is 369 g/mol. The van der Waals surface area contributed by atoms with E-state index in [1.807, 2.05) is 19.3 Å². The monoisotopic (exact) mass is 369 g/mol. The highest BCUT2D eigenvalue weighted by molar-refractivity contribution is 5.50. The second-order valence-electron chi connectivity index (χ2n) is 7.37. The van der Waals surface area contributed by atoms with E-state index in [2.05, 4.69) is 27.0 Å². The number of aryl methyl sites for hydroxylation is 1. The molecule has 0 N–H and O–H groups in total.